The Morgan fingerprint density at radius 1 is 1.37 bits per heavy atom. The molecule has 10 heteroatoms. The molecule has 4 rings (SSSR count). The second-order valence-electron chi connectivity index (χ2n) is 6.68. The molecule has 1 aliphatic heterocycles. The number of benzene rings is 1. The zero-order valence-corrected chi connectivity index (χ0v) is 17.5. The molecule has 2 amide bonds. The van der Waals surface area contributed by atoms with Crippen LogP contribution in [-0.2, 0) is 9.53 Å². The number of pyridine rings is 1. The molecular weight excluding hydrogens is 457 g/mol. The van der Waals surface area contributed by atoms with Crippen molar-refractivity contribution in [2.45, 2.75) is 13.0 Å². The minimum Gasteiger partial charge on any atom is -0.442 e. The number of hydrogen-bond acceptors (Lipinski definition) is 5. The molecule has 1 fully saturated rings. The van der Waals surface area contributed by atoms with E-state index < -0.39 is 18.0 Å². The third-order valence-electron chi connectivity index (χ3n) is 4.55. The maximum Gasteiger partial charge on any atom is 0.414 e. The van der Waals surface area contributed by atoms with Gasteiger partial charge in [-0.25, -0.2) is 13.9 Å². The highest BCUT2D eigenvalue weighted by Gasteiger charge is 2.32. The van der Waals surface area contributed by atoms with Crippen molar-refractivity contribution in [1.82, 2.24) is 20.1 Å². The first kappa shape index (κ1) is 20.0. The summed E-state index contributed by atoms with van der Waals surface area (Å²) in [6, 6.07) is 9.92. The second-order valence-corrected chi connectivity index (χ2v) is 7.43. The van der Waals surface area contributed by atoms with Crippen LogP contribution in [0, 0.1) is 5.82 Å². The Morgan fingerprint density at radius 2 is 2.20 bits per heavy atom. The summed E-state index contributed by atoms with van der Waals surface area (Å²) in [5.41, 5.74) is 2.02. The predicted octanol–water partition coefficient (Wildman–Crippen LogP) is 3.30. The lowest BCUT2D eigenvalue weighted by atomic mass is 10.2. The van der Waals surface area contributed by atoms with E-state index in [0.29, 0.717) is 16.0 Å². The standard InChI is InChI=1S/C20H17BrFN5O3/c1-12(28)24-9-14-10-26(20(29)30-14)13-5-6-18(16(22)8-13)27-11-15(19(21)25-27)17-4-2-3-7-23-17/h2-8,11,14H,9-10H2,1H3,(H,24,28)/t14-/m0/s1. The van der Waals surface area contributed by atoms with Crippen molar-refractivity contribution in [1.29, 1.82) is 0 Å². The summed E-state index contributed by atoms with van der Waals surface area (Å²) in [4.78, 5) is 28.8. The van der Waals surface area contributed by atoms with Crippen molar-refractivity contribution in [2.75, 3.05) is 18.0 Å². The van der Waals surface area contributed by atoms with E-state index >= 15 is 0 Å². The molecule has 1 N–H and O–H groups in total. The number of halogens is 2. The first-order valence-electron chi connectivity index (χ1n) is 9.11. The molecule has 8 nitrogen and oxygen atoms in total. The average molecular weight is 474 g/mol. The van der Waals surface area contributed by atoms with Gasteiger partial charge in [-0.2, -0.15) is 5.10 Å². The van der Waals surface area contributed by atoms with Gasteiger partial charge in [-0.05, 0) is 46.3 Å². The molecule has 30 heavy (non-hydrogen) atoms. The van der Waals surface area contributed by atoms with Crippen LogP contribution in [-0.4, -0.2) is 46.0 Å². The largest absolute Gasteiger partial charge is 0.442 e. The normalized spacial score (nSPS) is 15.9. The molecule has 0 bridgehead atoms. The molecule has 0 aliphatic carbocycles. The number of nitrogens with one attached hydrogen (secondary N) is 1. The fourth-order valence-electron chi connectivity index (χ4n) is 3.12. The molecule has 0 radical (unpaired) electrons. The molecule has 154 valence electrons. The molecule has 1 saturated heterocycles. The van der Waals surface area contributed by atoms with Crippen LogP contribution in [0.3, 0.4) is 0 Å². The summed E-state index contributed by atoms with van der Waals surface area (Å²) in [6.45, 7) is 1.81. The molecule has 3 heterocycles. The fourth-order valence-corrected chi connectivity index (χ4v) is 3.59. The van der Waals surface area contributed by atoms with Crippen LogP contribution < -0.4 is 10.2 Å². The van der Waals surface area contributed by atoms with Crippen molar-refractivity contribution < 1.29 is 18.7 Å². The first-order chi connectivity index (χ1) is 14.4. The van der Waals surface area contributed by atoms with Crippen molar-refractivity contribution in [3.63, 3.8) is 0 Å². The highest BCUT2D eigenvalue weighted by molar-refractivity contribution is 9.10. The maximum absolute atomic E-state index is 14.9. The number of nitrogens with zero attached hydrogens (tertiary/aromatic N) is 4. The van der Waals surface area contributed by atoms with Gasteiger partial charge in [0.2, 0.25) is 5.91 Å². The predicted molar refractivity (Wildman–Crippen MR) is 111 cm³/mol. The number of anilines is 1. The van der Waals surface area contributed by atoms with Gasteiger partial charge >= 0.3 is 6.09 Å². The van der Waals surface area contributed by atoms with Crippen LogP contribution in [0.5, 0.6) is 0 Å². The van der Waals surface area contributed by atoms with Crippen molar-refractivity contribution in [2.24, 2.45) is 0 Å². The summed E-state index contributed by atoms with van der Waals surface area (Å²) in [5.74, 6) is -0.761. The van der Waals surface area contributed by atoms with Gasteiger partial charge in [-0.15, -0.1) is 0 Å². The van der Waals surface area contributed by atoms with Crippen molar-refractivity contribution >= 4 is 33.6 Å². The zero-order chi connectivity index (χ0) is 21.3. The molecule has 0 unspecified atom stereocenters. The molecule has 1 atom stereocenters. The first-order valence-corrected chi connectivity index (χ1v) is 9.91. The zero-order valence-electron chi connectivity index (χ0n) is 15.9. The van der Waals surface area contributed by atoms with Gasteiger partial charge in [0.1, 0.15) is 16.4 Å². The van der Waals surface area contributed by atoms with Gasteiger partial charge in [0.05, 0.1) is 30.0 Å². The lowest BCUT2D eigenvalue weighted by Crippen LogP contribution is -2.33. The summed E-state index contributed by atoms with van der Waals surface area (Å²) >= 11 is 3.39. The number of aromatic nitrogens is 3. The van der Waals surface area contributed by atoms with E-state index in [4.69, 9.17) is 4.74 Å². The lowest BCUT2D eigenvalue weighted by molar-refractivity contribution is -0.119. The van der Waals surface area contributed by atoms with Crippen LogP contribution in [0.15, 0.2) is 53.4 Å². The van der Waals surface area contributed by atoms with Gasteiger partial charge in [-0.3, -0.25) is 14.7 Å². The molecular formula is C20H17BrFN5O3. The Balaban J connectivity index is 1.56. The molecule has 3 aromatic rings. The third-order valence-corrected chi connectivity index (χ3v) is 5.14. The van der Waals surface area contributed by atoms with E-state index in [0.717, 1.165) is 5.56 Å². The van der Waals surface area contributed by atoms with Crippen LogP contribution in [0.2, 0.25) is 0 Å². The number of hydrogen-bond donors (Lipinski definition) is 1. The minimum absolute atomic E-state index is 0.204. The quantitative estimate of drug-likeness (QED) is 0.613. The number of cyclic esters (lactones) is 1. The highest BCUT2D eigenvalue weighted by Crippen LogP contribution is 2.29. The number of amides is 2. The Kier molecular flexibility index (Phi) is 5.49. The molecule has 0 spiro atoms. The fraction of sp³-hybridized carbons (Fsp3) is 0.200. The third kappa shape index (κ3) is 4.04. The molecule has 0 saturated carbocycles. The minimum atomic E-state index is -0.586. The van der Waals surface area contributed by atoms with Gasteiger partial charge in [-0.1, -0.05) is 6.07 Å². The maximum atomic E-state index is 14.9. The monoisotopic (exact) mass is 473 g/mol. The van der Waals surface area contributed by atoms with Gasteiger partial charge in [0, 0.05) is 19.3 Å². The van der Waals surface area contributed by atoms with Gasteiger partial charge in [0.15, 0.2) is 5.82 Å². The van der Waals surface area contributed by atoms with E-state index in [2.05, 4.69) is 31.3 Å². The Labute approximate surface area is 179 Å². The van der Waals surface area contributed by atoms with Crippen LogP contribution >= 0.6 is 15.9 Å². The average Bonchev–Trinajstić information content (AvgIpc) is 3.29. The molecule has 1 aliphatic rings. The smallest absolute Gasteiger partial charge is 0.414 e. The van der Waals surface area contributed by atoms with E-state index in [-0.39, 0.29) is 24.7 Å². The molecule has 1 aromatic carbocycles. The summed E-state index contributed by atoms with van der Waals surface area (Å²) in [6.07, 6.45) is 2.27. The number of ether oxygens (including phenoxy) is 1. The number of rotatable bonds is 5. The van der Waals surface area contributed by atoms with E-state index in [9.17, 15) is 14.0 Å². The van der Waals surface area contributed by atoms with E-state index in [1.54, 1.807) is 24.5 Å². The Hall–Kier alpha value is -3.27. The van der Waals surface area contributed by atoms with Crippen LogP contribution in [0.4, 0.5) is 14.9 Å². The number of carbonyl (C=O) groups excluding carboxylic acids is 2. The lowest BCUT2D eigenvalue weighted by Gasteiger charge is -2.14. The van der Waals surface area contributed by atoms with Crippen molar-refractivity contribution in [3.8, 4) is 16.9 Å². The SMILES string of the molecule is CC(=O)NC[C@H]1CN(c2ccc(-n3cc(-c4ccccn4)c(Br)n3)c(F)c2)C(=O)O1. The number of carbonyl (C=O) groups is 2. The van der Waals surface area contributed by atoms with Gasteiger partial charge < -0.3 is 10.1 Å². The topological polar surface area (TPSA) is 89.4 Å². The van der Waals surface area contributed by atoms with Crippen molar-refractivity contribution in [3.05, 3.63) is 59.2 Å². The molecule has 2 aromatic heterocycles. The Bertz CT molecular complexity index is 1110. The summed E-state index contributed by atoms with van der Waals surface area (Å²) in [7, 11) is 0. The highest BCUT2D eigenvalue weighted by atomic mass is 79.9. The Morgan fingerprint density at radius 3 is 2.90 bits per heavy atom. The second kappa shape index (κ2) is 8.23. The van der Waals surface area contributed by atoms with E-state index in [1.165, 1.54) is 22.6 Å². The van der Waals surface area contributed by atoms with Crippen LogP contribution in [0.25, 0.3) is 16.9 Å². The summed E-state index contributed by atoms with van der Waals surface area (Å²) < 4.78 is 22.1. The van der Waals surface area contributed by atoms with Gasteiger partial charge in [0.25, 0.3) is 0 Å². The van der Waals surface area contributed by atoms with Crippen LogP contribution in [0.1, 0.15) is 6.92 Å². The summed E-state index contributed by atoms with van der Waals surface area (Å²) in [5, 5.41) is 6.93. The van der Waals surface area contributed by atoms with E-state index in [1.807, 2.05) is 18.2 Å².